The summed E-state index contributed by atoms with van der Waals surface area (Å²) >= 11 is 1.29. The predicted molar refractivity (Wildman–Crippen MR) is 158 cm³/mol. The molecule has 6 rings (SSSR count). The molecule has 0 radical (unpaired) electrons. The topological polar surface area (TPSA) is 124 Å². The lowest BCUT2D eigenvalue weighted by atomic mass is 9.85. The van der Waals surface area contributed by atoms with Gasteiger partial charge in [0.25, 0.3) is 5.92 Å². The first-order valence-electron chi connectivity index (χ1n) is 15.1. The van der Waals surface area contributed by atoms with Crippen LogP contribution in [0.3, 0.4) is 0 Å². The standard InChI is InChI=1S/C31H34F3N5O5S/c1-3-44-30(43)24-21(36-27(28-35-11-12-45-28)37-25(24)19-5-4-6-20(32)16(19)2)14-38-15-31(33,34)26-22(38)13-23(40)39(26)18-9-7-17(8-10-18)29(41)42/h4-6,11-12,17-18,22,25-26H,3,7-10,13-15H2,1-2H3,(H,36,37)(H,41,42)/t17-,18-,22-,25-,26+/m0/s1. The van der Waals surface area contributed by atoms with Crippen molar-refractivity contribution >= 4 is 35.0 Å². The van der Waals surface area contributed by atoms with Gasteiger partial charge in [-0.15, -0.1) is 11.3 Å². The normalized spacial score (nSPS) is 28.1. The average Bonchev–Trinajstić information content (AvgIpc) is 3.71. The van der Waals surface area contributed by atoms with Crippen LogP contribution in [0.2, 0.25) is 0 Å². The van der Waals surface area contributed by atoms with Crippen LogP contribution in [0.15, 0.2) is 46.0 Å². The lowest BCUT2D eigenvalue weighted by molar-refractivity contribution is -0.145. The number of carbonyl (C=O) groups is 3. The Kier molecular flexibility index (Phi) is 8.46. The zero-order valence-electron chi connectivity index (χ0n) is 24.8. The van der Waals surface area contributed by atoms with E-state index >= 15 is 8.78 Å². The summed E-state index contributed by atoms with van der Waals surface area (Å²) in [6, 6.07) is 0.832. The number of carboxylic acid groups (broad SMARTS) is 1. The van der Waals surface area contributed by atoms with Crippen molar-refractivity contribution in [3.8, 4) is 0 Å². The van der Waals surface area contributed by atoms with Crippen LogP contribution in [-0.2, 0) is 19.1 Å². The Morgan fingerprint density at radius 3 is 2.64 bits per heavy atom. The first kappa shape index (κ1) is 31.2. The van der Waals surface area contributed by atoms with Crippen LogP contribution < -0.4 is 5.32 Å². The molecule has 4 aliphatic rings. The highest BCUT2D eigenvalue weighted by Crippen LogP contribution is 2.46. The summed E-state index contributed by atoms with van der Waals surface area (Å²) in [5, 5.41) is 14.8. The SMILES string of the molecule is CCOC(=O)C1=C(CN2CC(F)(F)[C@H]3[C@@H]2CC(=O)N3[C@H]2CC[C@H](C(=O)O)CC2)NC(c2nccs2)=N[C@H]1c1cccc(F)c1C. The number of aromatic nitrogens is 1. The van der Waals surface area contributed by atoms with E-state index in [4.69, 9.17) is 9.73 Å². The van der Waals surface area contributed by atoms with E-state index in [9.17, 15) is 23.9 Å². The molecule has 3 fully saturated rings. The fourth-order valence-corrected chi connectivity index (χ4v) is 7.79. The summed E-state index contributed by atoms with van der Waals surface area (Å²) in [6.45, 7) is 2.49. The Balaban J connectivity index is 1.36. The molecule has 14 heteroatoms. The fraction of sp³-hybridized carbons (Fsp3) is 0.516. The van der Waals surface area contributed by atoms with Crippen LogP contribution in [0, 0.1) is 18.7 Å². The number of nitrogens with zero attached hydrogens (tertiary/aromatic N) is 4. The van der Waals surface area contributed by atoms with Gasteiger partial charge in [0.05, 0.1) is 24.6 Å². The fourth-order valence-electron chi connectivity index (χ4n) is 7.20. The van der Waals surface area contributed by atoms with Crippen LogP contribution >= 0.6 is 11.3 Å². The molecular formula is C31H34F3N5O5S. The molecule has 3 atom stereocenters. The Morgan fingerprint density at radius 1 is 1.22 bits per heavy atom. The number of alkyl halides is 2. The first-order chi connectivity index (χ1) is 21.5. The number of fused-ring (bicyclic) bond motifs is 1. The number of benzene rings is 1. The van der Waals surface area contributed by atoms with Gasteiger partial charge >= 0.3 is 11.9 Å². The number of carboxylic acids is 1. The van der Waals surface area contributed by atoms with Crippen molar-refractivity contribution in [2.45, 2.75) is 76.0 Å². The van der Waals surface area contributed by atoms with E-state index in [1.54, 1.807) is 31.5 Å². The molecule has 1 amide bonds. The first-order valence-corrected chi connectivity index (χ1v) is 15.9. The van der Waals surface area contributed by atoms with Crippen LogP contribution in [-0.4, -0.2) is 87.3 Å². The number of amides is 1. The highest BCUT2D eigenvalue weighted by atomic mass is 32.1. The van der Waals surface area contributed by atoms with E-state index in [2.05, 4.69) is 10.3 Å². The largest absolute Gasteiger partial charge is 0.481 e. The van der Waals surface area contributed by atoms with E-state index in [0.29, 0.717) is 42.1 Å². The number of halogens is 3. The van der Waals surface area contributed by atoms with Gasteiger partial charge in [-0.1, -0.05) is 12.1 Å². The predicted octanol–water partition coefficient (Wildman–Crippen LogP) is 4.06. The Labute approximate surface area is 262 Å². The van der Waals surface area contributed by atoms with Crippen molar-refractivity contribution in [1.29, 1.82) is 0 Å². The minimum atomic E-state index is -3.25. The lowest BCUT2D eigenvalue weighted by Gasteiger charge is -2.38. The maximum absolute atomic E-state index is 15.9. The zero-order valence-corrected chi connectivity index (χ0v) is 25.7. The highest BCUT2D eigenvalue weighted by Gasteiger charge is 2.63. The van der Waals surface area contributed by atoms with Gasteiger partial charge in [-0.05, 0) is 56.7 Å². The number of amidine groups is 1. The Morgan fingerprint density at radius 2 is 1.98 bits per heavy atom. The molecule has 2 saturated heterocycles. The molecule has 4 heterocycles. The third-order valence-electron chi connectivity index (χ3n) is 9.31. The third kappa shape index (κ3) is 5.73. The summed E-state index contributed by atoms with van der Waals surface area (Å²) < 4.78 is 51.9. The number of rotatable bonds is 8. The number of nitrogens with one attached hydrogen (secondary N) is 1. The lowest BCUT2D eigenvalue weighted by Crippen LogP contribution is -2.52. The van der Waals surface area contributed by atoms with Crippen LogP contribution in [0.1, 0.15) is 61.2 Å². The van der Waals surface area contributed by atoms with Crippen LogP contribution in [0.25, 0.3) is 0 Å². The molecule has 1 aliphatic carbocycles. The molecule has 1 saturated carbocycles. The van der Waals surface area contributed by atoms with Crippen molar-refractivity contribution in [2.24, 2.45) is 10.9 Å². The average molecular weight is 646 g/mol. The molecule has 2 aromatic rings. The quantitative estimate of drug-likeness (QED) is 0.412. The van der Waals surface area contributed by atoms with Gasteiger partial charge in [-0.25, -0.2) is 22.9 Å². The molecule has 2 N–H and O–H groups in total. The molecule has 3 aliphatic heterocycles. The summed E-state index contributed by atoms with van der Waals surface area (Å²) in [5.74, 6) is -5.96. The molecule has 0 bridgehead atoms. The number of esters is 1. The van der Waals surface area contributed by atoms with Gasteiger partial charge in [-0.3, -0.25) is 19.5 Å². The van der Waals surface area contributed by atoms with E-state index in [1.807, 2.05) is 0 Å². The van der Waals surface area contributed by atoms with Gasteiger partial charge in [0.1, 0.15) is 17.9 Å². The number of hydrogen-bond donors (Lipinski definition) is 2. The number of aliphatic carboxylic acids is 1. The number of aliphatic imine (C=N–C) groups is 1. The molecule has 45 heavy (non-hydrogen) atoms. The highest BCUT2D eigenvalue weighted by molar-refractivity contribution is 7.11. The summed E-state index contributed by atoms with van der Waals surface area (Å²) in [4.78, 5) is 50.2. The number of hydrogen-bond acceptors (Lipinski definition) is 9. The number of carbonyl (C=O) groups excluding carboxylic acids is 2. The maximum Gasteiger partial charge on any atom is 0.338 e. The smallest absolute Gasteiger partial charge is 0.338 e. The minimum Gasteiger partial charge on any atom is -0.481 e. The second-order valence-electron chi connectivity index (χ2n) is 11.9. The summed E-state index contributed by atoms with van der Waals surface area (Å²) in [7, 11) is 0. The molecule has 240 valence electrons. The van der Waals surface area contributed by atoms with E-state index in [0.717, 1.165) is 0 Å². The van der Waals surface area contributed by atoms with Gasteiger partial charge < -0.3 is 20.1 Å². The van der Waals surface area contributed by atoms with E-state index in [-0.39, 0.29) is 42.3 Å². The molecule has 1 aromatic heterocycles. The van der Waals surface area contributed by atoms with Crippen molar-refractivity contribution in [3.05, 3.63) is 63.0 Å². The van der Waals surface area contributed by atoms with Crippen LogP contribution in [0.5, 0.6) is 0 Å². The third-order valence-corrected chi connectivity index (χ3v) is 10.1. The van der Waals surface area contributed by atoms with Crippen molar-refractivity contribution in [3.63, 3.8) is 0 Å². The summed E-state index contributed by atoms with van der Waals surface area (Å²) in [6.07, 6.45) is 2.83. The van der Waals surface area contributed by atoms with Crippen molar-refractivity contribution in [2.75, 3.05) is 19.7 Å². The molecule has 0 unspecified atom stereocenters. The van der Waals surface area contributed by atoms with Crippen LogP contribution in [0.4, 0.5) is 13.2 Å². The Bertz CT molecular complexity index is 1560. The van der Waals surface area contributed by atoms with Gasteiger partial charge in [-0.2, -0.15) is 0 Å². The number of thiazole rings is 1. The van der Waals surface area contributed by atoms with E-state index < -0.39 is 60.3 Å². The van der Waals surface area contributed by atoms with Crippen molar-refractivity contribution < 1.29 is 37.4 Å². The molecule has 0 spiro atoms. The summed E-state index contributed by atoms with van der Waals surface area (Å²) in [5.41, 5.74) is 1.06. The minimum absolute atomic E-state index is 0.0492. The number of likely N-dealkylation sites (tertiary alicyclic amines) is 2. The van der Waals surface area contributed by atoms with Gasteiger partial charge in [0, 0.05) is 42.3 Å². The van der Waals surface area contributed by atoms with E-state index in [1.165, 1.54) is 33.3 Å². The number of ether oxygens (including phenoxy) is 1. The second kappa shape index (κ2) is 12.2. The monoisotopic (exact) mass is 645 g/mol. The van der Waals surface area contributed by atoms with Gasteiger partial charge in [0.15, 0.2) is 10.8 Å². The molecular weight excluding hydrogens is 611 g/mol. The molecule has 10 nitrogen and oxygen atoms in total. The maximum atomic E-state index is 15.9. The van der Waals surface area contributed by atoms with Crippen molar-refractivity contribution in [1.82, 2.24) is 20.1 Å². The second-order valence-corrected chi connectivity index (χ2v) is 12.8. The Hall–Kier alpha value is -3.78. The molecule has 1 aromatic carbocycles. The zero-order chi connectivity index (χ0) is 32.0. The van der Waals surface area contributed by atoms with Gasteiger partial charge in [0.2, 0.25) is 5.91 Å².